The first-order valence-corrected chi connectivity index (χ1v) is 7.59. The highest BCUT2D eigenvalue weighted by atomic mass is 79.9. The third-order valence-electron chi connectivity index (χ3n) is 3.13. The van der Waals surface area contributed by atoms with E-state index < -0.39 is 0 Å². The molecule has 0 saturated heterocycles. The van der Waals surface area contributed by atoms with Gasteiger partial charge in [-0.3, -0.25) is 9.78 Å². The van der Waals surface area contributed by atoms with Crippen molar-refractivity contribution in [2.75, 3.05) is 18.9 Å². The molecule has 1 amide bonds. The van der Waals surface area contributed by atoms with Gasteiger partial charge in [-0.05, 0) is 24.6 Å². The lowest BCUT2D eigenvalue weighted by Crippen LogP contribution is -2.27. The predicted molar refractivity (Wildman–Crippen MR) is 88.3 cm³/mol. The van der Waals surface area contributed by atoms with Gasteiger partial charge in [-0.1, -0.05) is 34.1 Å². The Morgan fingerprint density at radius 3 is 2.81 bits per heavy atom. The summed E-state index contributed by atoms with van der Waals surface area (Å²) in [5.74, 6) is -0.0240. The summed E-state index contributed by atoms with van der Waals surface area (Å²) < 4.78 is 1.01. The molecule has 0 radical (unpaired) electrons. The summed E-state index contributed by atoms with van der Waals surface area (Å²) in [6, 6.07) is 9.66. The summed E-state index contributed by atoms with van der Waals surface area (Å²) in [4.78, 5) is 18.4. The number of rotatable bonds is 5. The van der Waals surface area contributed by atoms with Gasteiger partial charge in [0.25, 0.3) is 5.91 Å². The molecule has 2 rings (SSSR count). The van der Waals surface area contributed by atoms with Gasteiger partial charge in [0.1, 0.15) is 0 Å². The lowest BCUT2D eigenvalue weighted by Gasteiger charge is -2.20. The van der Waals surface area contributed by atoms with Crippen molar-refractivity contribution >= 4 is 27.5 Å². The number of nitrogens with zero attached hydrogens (tertiary/aromatic N) is 2. The third kappa shape index (κ3) is 3.82. The number of carbonyl (C=O) groups is 1. The van der Waals surface area contributed by atoms with Crippen molar-refractivity contribution in [3.05, 3.63) is 58.3 Å². The van der Waals surface area contributed by atoms with E-state index in [0.29, 0.717) is 12.1 Å². The molecule has 0 saturated carbocycles. The number of anilines is 1. The molecule has 0 aliphatic heterocycles. The molecular formula is C16H18BrN3O. The first-order valence-electron chi connectivity index (χ1n) is 6.80. The molecule has 0 fully saturated rings. The zero-order chi connectivity index (χ0) is 15.2. The minimum atomic E-state index is -0.0240. The van der Waals surface area contributed by atoms with Gasteiger partial charge in [0.05, 0.1) is 17.4 Å². The second kappa shape index (κ2) is 7.22. The van der Waals surface area contributed by atoms with Crippen LogP contribution in [0.25, 0.3) is 0 Å². The number of hydrogen-bond acceptors (Lipinski definition) is 3. The molecule has 4 nitrogen and oxygen atoms in total. The topological polar surface area (TPSA) is 45.2 Å². The molecule has 1 heterocycles. The van der Waals surface area contributed by atoms with E-state index in [9.17, 15) is 4.79 Å². The Morgan fingerprint density at radius 1 is 1.33 bits per heavy atom. The van der Waals surface area contributed by atoms with Crippen molar-refractivity contribution in [2.24, 2.45) is 0 Å². The summed E-state index contributed by atoms with van der Waals surface area (Å²) >= 11 is 3.51. The number of amides is 1. The molecule has 110 valence electrons. The Balaban J connectivity index is 2.18. The van der Waals surface area contributed by atoms with Gasteiger partial charge in [0, 0.05) is 30.8 Å². The largest absolute Gasteiger partial charge is 0.383 e. The van der Waals surface area contributed by atoms with E-state index in [-0.39, 0.29) is 5.91 Å². The number of pyridine rings is 1. The highest BCUT2D eigenvalue weighted by Gasteiger charge is 2.16. The van der Waals surface area contributed by atoms with Crippen molar-refractivity contribution in [1.82, 2.24) is 9.88 Å². The van der Waals surface area contributed by atoms with E-state index in [1.54, 1.807) is 30.4 Å². The Hall–Kier alpha value is -1.88. The Labute approximate surface area is 133 Å². The van der Waals surface area contributed by atoms with Crippen molar-refractivity contribution in [3.63, 3.8) is 0 Å². The lowest BCUT2D eigenvalue weighted by atomic mass is 10.1. The van der Waals surface area contributed by atoms with Crippen molar-refractivity contribution in [2.45, 2.75) is 13.5 Å². The zero-order valence-corrected chi connectivity index (χ0v) is 13.7. The molecule has 0 bridgehead atoms. The van der Waals surface area contributed by atoms with Crippen LogP contribution in [0.1, 0.15) is 22.8 Å². The number of carbonyl (C=O) groups excluding carboxylic acids is 1. The smallest absolute Gasteiger partial charge is 0.256 e. The van der Waals surface area contributed by atoms with Crippen LogP contribution >= 0.6 is 15.9 Å². The maximum atomic E-state index is 12.6. The van der Waals surface area contributed by atoms with E-state index in [0.717, 1.165) is 22.3 Å². The summed E-state index contributed by atoms with van der Waals surface area (Å²) in [5.41, 5.74) is 2.48. The molecule has 0 atom stereocenters. The van der Waals surface area contributed by atoms with Crippen molar-refractivity contribution in [1.29, 1.82) is 0 Å². The van der Waals surface area contributed by atoms with Gasteiger partial charge in [-0.25, -0.2) is 0 Å². The molecule has 2 aromatic rings. The molecule has 0 aliphatic carbocycles. The van der Waals surface area contributed by atoms with Crippen LogP contribution in [0.3, 0.4) is 0 Å². The summed E-state index contributed by atoms with van der Waals surface area (Å²) in [6.45, 7) is 3.29. The van der Waals surface area contributed by atoms with Gasteiger partial charge in [-0.2, -0.15) is 0 Å². The first-order chi connectivity index (χ1) is 10.1. The standard InChI is InChI=1S/C16H18BrN3O/c1-3-19-15-10-18-9-8-13(15)16(21)20(2)11-12-6-4-5-7-14(12)17/h4-10,19H,3,11H2,1-2H3. The van der Waals surface area contributed by atoms with Gasteiger partial charge < -0.3 is 10.2 Å². The molecule has 5 heteroatoms. The van der Waals surface area contributed by atoms with Crippen LogP contribution < -0.4 is 5.32 Å². The van der Waals surface area contributed by atoms with E-state index in [1.807, 2.05) is 31.2 Å². The Kier molecular flexibility index (Phi) is 5.33. The van der Waals surface area contributed by atoms with Gasteiger partial charge >= 0.3 is 0 Å². The SMILES string of the molecule is CCNc1cnccc1C(=O)N(C)Cc1ccccc1Br. The van der Waals surface area contributed by atoms with Gasteiger partial charge in [0.2, 0.25) is 0 Å². The average molecular weight is 348 g/mol. The van der Waals surface area contributed by atoms with Crippen molar-refractivity contribution < 1.29 is 4.79 Å². The fourth-order valence-corrected chi connectivity index (χ4v) is 2.48. The van der Waals surface area contributed by atoms with E-state index >= 15 is 0 Å². The van der Waals surface area contributed by atoms with Crippen molar-refractivity contribution in [3.8, 4) is 0 Å². The van der Waals surface area contributed by atoms with Crippen LogP contribution in [0.4, 0.5) is 5.69 Å². The van der Waals surface area contributed by atoms with E-state index in [2.05, 4.69) is 26.2 Å². The highest BCUT2D eigenvalue weighted by molar-refractivity contribution is 9.10. The maximum absolute atomic E-state index is 12.6. The molecule has 0 spiro atoms. The Bertz CT molecular complexity index is 630. The number of benzene rings is 1. The van der Waals surface area contributed by atoms with Crippen LogP contribution in [-0.4, -0.2) is 29.4 Å². The zero-order valence-electron chi connectivity index (χ0n) is 12.1. The third-order valence-corrected chi connectivity index (χ3v) is 3.90. The fourth-order valence-electron chi connectivity index (χ4n) is 2.07. The maximum Gasteiger partial charge on any atom is 0.256 e. The quantitative estimate of drug-likeness (QED) is 0.899. The predicted octanol–water partition coefficient (Wildman–Crippen LogP) is 3.55. The summed E-state index contributed by atoms with van der Waals surface area (Å²) in [5, 5.41) is 3.17. The fraction of sp³-hybridized carbons (Fsp3) is 0.250. The molecule has 0 aliphatic rings. The van der Waals surface area contributed by atoms with Crippen LogP contribution in [0.15, 0.2) is 47.2 Å². The lowest BCUT2D eigenvalue weighted by molar-refractivity contribution is 0.0785. The molecular weight excluding hydrogens is 330 g/mol. The van der Waals surface area contributed by atoms with Crippen LogP contribution in [0.2, 0.25) is 0 Å². The molecule has 1 aromatic carbocycles. The molecule has 1 aromatic heterocycles. The van der Waals surface area contributed by atoms with E-state index in [4.69, 9.17) is 0 Å². The molecule has 21 heavy (non-hydrogen) atoms. The highest BCUT2D eigenvalue weighted by Crippen LogP contribution is 2.20. The number of aromatic nitrogens is 1. The van der Waals surface area contributed by atoms with E-state index in [1.165, 1.54) is 0 Å². The summed E-state index contributed by atoms with van der Waals surface area (Å²) in [7, 11) is 1.80. The molecule has 1 N–H and O–H groups in total. The number of nitrogens with one attached hydrogen (secondary N) is 1. The van der Waals surface area contributed by atoms with Crippen LogP contribution in [0, 0.1) is 0 Å². The van der Waals surface area contributed by atoms with Gasteiger partial charge in [0.15, 0.2) is 0 Å². The monoisotopic (exact) mass is 347 g/mol. The Morgan fingerprint density at radius 2 is 2.10 bits per heavy atom. The second-order valence-corrected chi connectivity index (χ2v) is 5.56. The molecule has 0 unspecified atom stereocenters. The van der Waals surface area contributed by atoms with Crippen LogP contribution in [-0.2, 0) is 6.54 Å². The second-order valence-electron chi connectivity index (χ2n) is 4.70. The minimum Gasteiger partial charge on any atom is -0.383 e. The first kappa shape index (κ1) is 15.5. The average Bonchev–Trinajstić information content (AvgIpc) is 2.50. The summed E-state index contributed by atoms with van der Waals surface area (Å²) in [6.07, 6.45) is 3.32. The minimum absolute atomic E-state index is 0.0240. The van der Waals surface area contributed by atoms with Gasteiger partial charge in [-0.15, -0.1) is 0 Å². The van der Waals surface area contributed by atoms with Crippen LogP contribution in [0.5, 0.6) is 0 Å². The number of hydrogen-bond donors (Lipinski definition) is 1. The number of halogens is 1. The normalized spacial score (nSPS) is 10.2.